The zero-order valence-corrected chi connectivity index (χ0v) is 20.0. The number of nitrogens with one attached hydrogen (secondary N) is 2. The number of benzene rings is 1. The van der Waals surface area contributed by atoms with E-state index < -0.39 is 12.0 Å². The number of carboxylic acids is 1. The number of hydrogen-bond acceptors (Lipinski definition) is 5. The van der Waals surface area contributed by atoms with Crippen LogP contribution in [-0.2, 0) is 22.4 Å². The number of carbonyl (C=O) groups is 2. The van der Waals surface area contributed by atoms with Gasteiger partial charge in [0.15, 0.2) is 0 Å². The molecule has 0 spiro atoms. The summed E-state index contributed by atoms with van der Waals surface area (Å²) in [5.74, 6) is 0.370. The Kier molecular flexibility index (Phi) is 8.16. The fourth-order valence-corrected chi connectivity index (χ4v) is 5.23. The van der Waals surface area contributed by atoms with E-state index in [4.69, 9.17) is 4.98 Å². The highest BCUT2D eigenvalue weighted by molar-refractivity contribution is 5.80. The average Bonchev–Trinajstić information content (AvgIpc) is 2.83. The number of nitrogens with zero attached hydrogens (tertiary/aromatic N) is 2. The number of likely N-dealkylation sites (tertiary alicyclic amines) is 1. The first-order chi connectivity index (χ1) is 16.5. The van der Waals surface area contributed by atoms with Crippen LogP contribution in [0.2, 0.25) is 0 Å². The Morgan fingerprint density at radius 2 is 2.03 bits per heavy atom. The smallest absolute Gasteiger partial charge is 0.305 e. The summed E-state index contributed by atoms with van der Waals surface area (Å²) in [6.45, 7) is 5.81. The van der Waals surface area contributed by atoms with Crippen LogP contribution in [0.3, 0.4) is 0 Å². The van der Waals surface area contributed by atoms with Crippen molar-refractivity contribution < 1.29 is 14.7 Å². The molecule has 2 aliphatic heterocycles. The minimum Gasteiger partial charge on any atom is -0.481 e. The number of anilines is 1. The van der Waals surface area contributed by atoms with Crippen LogP contribution < -0.4 is 10.6 Å². The number of fused-ring (bicyclic) bond motifs is 1. The second-order valence-corrected chi connectivity index (χ2v) is 9.81. The monoisotopic (exact) mass is 464 g/mol. The van der Waals surface area contributed by atoms with Gasteiger partial charge in [0.25, 0.3) is 0 Å². The molecule has 4 rings (SSSR count). The lowest BCUT2D eigenvalue weighted by molar-refractivity contribution is -0.138. The summed E-state index contributed by atoms with van der Waals surface area (Å²) in [4.78, 5) is 31.7. The first-order valence-electron chi connectivity index (χ1n) is 12.5. The predicted molar refractivity (Wildman–Crippen MR) is 133 cm³/mol. The van der Waals surface area contributed by atoms with E-state index in [9.17, 15) is 14.7 Å². The van der Waals surface area contributed by atoms with Gasteiger partial charge in [-0.2, -0.15) is 0 Å². The van der Waals surface area contributed by atoms with Crippen molar-refractivity contribution >= 4 is 17.7 Å². The van der Waals surface area contributed by atoms with Crippen molar-refractivity contribution in [2.75, 3.05) is 31.5 Å². The maximum absolute atomic E-state index is 13.1. The molecule has 7 heteroatoms. The zero-order valence-electron chi connectivity index (χ0n) is 20.0. The molecule has 2 aromatic rings. The highest BCUT2D eigenvalue weighted by Gasteiger charge is 2.31. The number of carboxylic acid groups (broad SMARTS) is 1. The molecule has 34 heavy (non-hydrogen) atoms. The van der Waals surface area contributed by atoms with E-state index >= 15 is 0 Å². The van der Waals surface area contributed by atoms with Crippen molar-refractivity contribution in [3.8, 4) is 0 Å². The molecular formula is C27H36N4O3. The Hall–Kier alpha value is -2.93. The molecule has 0 saturated carbocycles. The van der Waals surface area contributed by atoms with E-state index in [-0.39, 0.29) is 18.2 Å². The number of aliphatic carboxylic acids is 1. The molecule has 0 radical (unpaired) electrons. The molecule has 1 aromatic carbocycles. The molecule has 3 atom stereocenters. The van der Waals surface area contributed by atoms with Crippen LogP contribution in [0.25, 0.3) is 0 Å². The summed E-state index contributed by atoms with van der Waals surface area (Å²) in [7, 11) is 0. The molecule has 182 valence electrons. The SMILES string of the molecule is C[C@@H]1C[C@@H](C(=O)N[C@@H](CC(=O)O)c2ccccc2)CN(CCCc2ccc3c(n2)NCCC3)C1. The Labute approximate surface area is 202 Å². The number of piperidine rings is 1. The summed E-state index contributed by atoms with van der Waals surface area (Å²) in [5, 5.41) is 15.8. The molecule has 0 aliphatic carbocycles. The molecule has 1 saturated heterocycles. The van der Waals surface area contributed by atoms with Crippen molar-refractivity contribution in [1.29, 1.82) is 0 Å². The largest absolute Gasteiger partial charge is 0.481 e. The van der Waals surface area contributed by atoms with Crippen LogP contribution in [-0.4, -0.2) is 53.0 Å². The van der Waals surface area contributed by atoms with E-state index in [1.807, 2.05) is 30.3 Å². The number of pyridine rings is 1. The van der Waals surface area contributed by atoms with Crippen molar-refractivity contribution in [3.63, 3.8) is 0 Å². The van der Waals surface area contributed by atoms with E-state index in [0.29, 0.717) is 12.5 Å². The van der Waals surface area contributed by atoms with Gasteiger partial charge in [-0.1, -0.05) is 43.3 Å². The summed E-state index contributed by atoms with van der Waals surface area (Å²) in [6, 6.07) is 13.2. The quantitative estimate of drug-likeness (QED) is 0.524. The van der Waals surface area contributed by atoms with Gasteiger partial charge in [-0.15, -0.1) is 0 Å². The van der Waals surface area contributed by atoms with Gasteiger partial charge in [-0.05, 0) is 61.8 Å². The van der Waals surface area contributed by atoms with Crippen LogP contribution >= 0.6 is 0 Å². The number of amides is 1. The van der Waals surface area contributed by atoms with Gasteiger partial charge in [0.2, 0.25) is 5.91 Å². The highest BCUT2D eigenvalue weighted by atomic mass is 16.4. The maximum atomic E-state index is 13.1. The third-order valence-corrected chi connectivity index (χ3v) is 6.86. The van der Waals surface area contributed by atoms with Gasteiger partial charge >= 0.3 is 5.97 Å². The zero-order chi connectivity index (χ0) is 23.9. The second kappa shape index (κ2) is 11.5. The van der Waals surface area contributed by atoms with Gasteiger partial charge in [0.05, 0.1) is 18.4 Å². The van der Waals surface area contributed by atoms with Crippen LogP contribution in [0.1, 0.15) is 55.5 Å². The number of rotatable bonds is 9. The minimum atomic E-state index is -0.918. The second-order valence-electron chi connectivity index (χ2n) is 9.81. The third-order valence-electron chi connectivity index (χ3n) is 6.86. The lowest BCUT2D eigenvalue weighted by Crippen LogP contribution is -2.47. The van der Waals surface area contributed by atoms with Crippen molar-refractivity contribution in [2.24, 2.45) is 11.8 Å². The van der Waals surface area contributed by atoms with Crippen LogP contribution in [0.15, 0.2) is 42.5 Å². The summed E-state index contributed by atoms with van der Waals surface area (Å²) >= 11 is 0. The summed E-state index contributed by atoms with van der Waals surface area (Å²) < 4.78 is 0. The first kappa shape index (κ1) is 24.2. The van der Waals surface area contributed by atoms with Crippen LogP contribution in [0, 0.1) is 11.8 Å². The van der Waals surface area contributed by atoms with Crippen molar-refractivity contribution in [3.05, 3.63) is 59.3 Å². The Bertz CT molecular complexity index is 981. The Morgan fingerprint density at radius 3 is 2.82 bits per heavy atom. The lowest BCUT2D eigenvalue weighted by Gasteiger charge is -2.36. The maximum Gasteiger partial charge on any atom is 0.305 e. The minimum absolute atomic E-state index is 0.0471. The summed E-state index contributed by atoms with van der Waals surface area (Å²) in [6.07, 6.45) is 4.89. The fraction of sp³-hybridized carbons (Fsp3) is 0.519. The van der Waals surface area contributed by atoms with E-state index in [0.717, 1.165) is 68.8 Å². The number of aryl methyl sites for hydroxylation is 2. The van der Waals surface area contributed by atoms with E-state index in [2.05, 4.69) is 34.6 Å². The van der Waals surface area contributed by atoms with Gasteiger partial charge in [0.1, 0.15) is 5.82 Å². The third kappa shape index (κ3) is 6.56. The molecule has 1 amide bonds. The van der Waals surface area contributed by atoms with Gasteiger partial charge in [0, 0.05) is 25.3 Å². The molecule has 2 aliphatic rings. The molecular weight excluding hydrogens is 428 g/mol. The topological polar surface area (TPSA) is 94.6 Å². The predicted octanol–water partition coefficient (Wildman–Crippen LogP) is 3.66. The average molecular weight is 465 g/mol. The molecule has 0 bridgehead atoms. The molecule has 0 unspecified atom stereocenters. The lowest BCUT2D eigenvalue weighted by atomic mass is 9.89. The standard InChI is InChI=1S/C27H36N4O3/c1-19-15-22(27(34)30-24(16-25(32)33)20-7-3-2-4-8-20)18-31(17-19)14-6-10-23-12-11-21-9-5-13-28-26(21)29-23/h2-4,7-8,11-12,19,22,24H,5-6,9-10,13-18H2,1H3,(H,28,29)(H,30,34)(H,32,33)/t19-,22-,24+/m1/s1. The van der Waals surface area contributed by atoms with E-state index in [1.54, 1.807) is 0 Å². The van der Waals surface area contributed by atoms with Crippen molar-refractivity contribution in [1.82, 2.24) is 15.2 Å². The summed E-state index contributed by atoms with van der Waals surface area (Å²) in [5.41, 5.74) is 3.25. The molecule has 3 N–H and O–H groups in total. The van der Waals surface area contributed by atoms with Crippen LogP contribution in [0.5, 0.6) is 0 Å². The normalized spacial score (nSPS) is 21.2. The fourth-order valence-electron chi connectivity index (χ4n) is 5.23. The van der Waals surface area contributed by atoms with Crippen molar-refractivity contribution in [2.45, 2.75) is 51.5 Å². The van der Waals surface area contributed by atoms with E-state index in [1.165, 1.54) is 5.56 Å². The van der Waals surface area contributed by atoms with Crippen LogP contribution in [0.4, 0.5) is 5.82 Å². The first-order valence-corrected chi connectivity index (χ1v) is 12.5. The molecule has 7 nitrogen and oxygen atoms in total. The number of hydrogen-bond donors (Lipinski definition) is 3. The van der Waals surface area contributed by atoms with Gasteiger partial charge in [-0.25, -0.2) is 4.98 Å². The number of carbonyl (C=O) groups excluding carboxylic acids is 1. The molecule has 1 fully saturated rings. The Morgan fingerprint density at radius 1 is 1.21 bits per heavy atom. The highest BCUT2D eigenvalue weighted by Crippen LogP contribution is 2.25. The number of aromatic nitrogens is 1. The molecule has 3 heterocycles. The van der Waals surface area contributed by atoms with Gasteiger partial charge in [-0.3, -0.25) is 9.59 Å². The van der Waals surface area contributed by atoms with Gasteiger partial charge < -0.3 is 20.6 Å². The molecule has 1 aromatic heterocycles. The Balaban J connectivity index is 1.31.